The maximum Gasteiger partial charge on any atom is 0.120 e. The average Bonchev–Trinajstić information content (AvgIpc) is 2.64. The molecule has 1 fully saturated rings. The lowest BCUT2D eigenvalue weighted by Crippen LogP contribution is -2.55. The molecule has 6 heteroatoms. The molecule has 2 aliphatic heterocycles. The average molecular weight is 390 g/mol. The molecule has 136 valence electrons. The van der Waals surface area contributed by atoms with Crippen LogP contribution in [0.3, 0.4) is 0 Å². The van der Waals surface area contributed by atoms with Crippen LogP contribution < -0.4 is 10.6 Å². The van der Waals surface area contributed by atoms with E-state index in [4.69, 9.17) is 28.2 Å². The standard InChI is InChI=1S/C20H21Cl2N3O/c21-14-3-1-13(2-4-14)17-12-18(16-11-15(22)5-6-19(16)26)25-20(24-17)7-9-23-10-8-20/h1-6,11,18,23,25-26H,7-10,12H2/t18-/m1/s1. The molecule has 0 aliphatic carbocycles. The highest BCUT2D eigenvalue weighted by atomic mass is 35.5. The molecule has 2 aliphatic rings. The van der Waals surface area contributed by atoms with Crippen molar-refractivity contribution >= 4 is 28.9 Å². The van der Waals surface area contributed by atoms with Crippen molar-refractivity contribution in [1.29, 1.82) is 0 Å². The van der Waals surface area contributed by atoms with Gasteiger partial charge in [-0.15, -0.1) is 0 Å². The fourth-order valence-electron chi connectivity index (χ4n) is 3.82. The number of nitrogens with zero attached hydrogens (tertiary/aromatic N) is 1. The highest BCUT2D eigenvalue weighted by molar-refractivity contribution is 6.31. The van der Waals surface area contributed by atoms with Gasteiger partial charge < -0.3 is 10.4 Å². The van der Waals surface area contributed by atoms with E-state index in [9.17, 15) is 5.11 Å². The van der Waals surface area contributed by atoms with Crippen molar-refractivity contribution in [2.24, 2.45) is 4.99 Å². The van der Waals surface area contributed by atoms with E-state index < -0.39 is 0 Å². The molecule has 1 spiro atoms. The van der Waals surface area contributed by atoms with Gasteiger partial charge in [0.05, 0.1) is 0 Å². The number of halogens is 2. The molecule has 4 rings (SSSR count). The monoisotopic (exact) mass is 389 g/mol. The Morgan fingerprint density at radius 3 is 2.42 bits per heavy atom. The van der Waals surface area contributed by atoms with Crippen LogP contribution in [0.1, 0.15) is 36.4 Å². The number of aliphatic imine (C=N–C) groups is 1. The maximum absolute atomic E-state index is 10.4. The molecule has 4 nitrogen and oxygen atoms in total. The Morgan fingerprint density at radius 2 is 1.69 bits per heavy atom. The lowest BCUT2D eigenvalue weighted by molar-refractivity contribution is 0.216. The SMILES string of the molecule is Oc1ccc(Cl)cc1[C@H]1CC(c2ccc(Cl)cc2)=NC2(CCNCC2)N1. The zero-order valence-corrected chi connectivity index (χ0v) is 15.8. The Morgan fingerprint density at radius 1 is 1.00 bits per heavy atom. The van der Waals surface area contributed by atoms with E-state index in [2.05, 4.69) is 10.6 Å². The predicted molar refractivity (Wildman–Crippen MR) is 106 cm³/mol. The normalized spacial score (nSPS) is 22.2. The van der Waals surface area contributed by atoms with Crippen LogP contribution >= 0.6 is 23.2 Å². The first-order valence-electron chi connectivity index (χ1n) is 8.86. The first-order chi connectivity index (χ1) is 12.5. The number of phenolic OH excluding ortho intramolecular Hbond substituents is 1. The minimum atomic E-state index is -0.322. The topological polar surface area (TPSA) is 56.7 Å². The number of rotatable bonds is 2. The molecular weight excluding hydrogens is 369 g/mol. The van der Waals surface area contributed by atoms with Crippen molar-refractivity contribution in [2.45, 2.75) is 31.0 Å². The minimum absolute atomic E-state index is 0.0463. The summed E-state index contributed by atoms with van der Waals surface area (Å²) in [6, 6.07) is 13.0. The molecule has 0 bridgehead atoms. The van der Waals surface area contributed by atoms with Gasteiger partial charge in [-0.2, -0.15) is 0 Å². The number of phenols is 1. The first kappa shape index (κ1) is 17.8. The molecule has 1 saturated heterocycles. The third-order valence-electron chi connectivity index (χ3n) is 5.16. The van der Waals surface area contributed by atoms with Gasteiger partial charge in [0.2, 0.25) is 0 Å². The first-order valence-corrected chi connectivity index (χ1v) is 9.62. The van der Waals surface area contributed by atoms with E-state index in [-0.39, 0.29) is 17.5 Å². The van der Waals surface area contributed by atoms with Gasteiger partial charge in [-0.25, -0.2) is 0 Å². The van der Waals surface area contributed by atoms with Crippen LogP contribution in [0.2, 0.25) is 10.0 Å². The molecule has 0 unspecified atom stereocenters. The highest BCUT2D eigenvalue weighted by Gasteiger charge is 2.39. The van der Waals surface area contributed by atoms with E-state index in [1.807, 2.05) is 30.3 Å². The van der Waals surface area contributed by atoms with Crippen molar-refractivity contribution in [3.8, 4) is 5.75 Å². The van der Waals surface area contributed by atoms with Crippen LogP contribution in [0, 0.1) is 0 Å². The van der Waals surface area contributed by atoms with Crippen LogP contribution in [-0.2, 0) is 0 Å². The van der Waals surface area contributed by atoms with Crippen molar-refractivity contribution in [3.05, 3.63) is 63.6 Å². The number of piperidine rings is 1. The molecule has 0 saturated carbocycles. The van der Waals surface area contributed by atoms with Gasteiger partial charge in [-0.3, -0.25) is 10.3 Å². The second kappa shape index (κ2) is 7.20. The van der Waals surface area contributed by atoms with Gasteiger partial charge in [0.15, 0.2) is 0 Å². The number of nitrogens with one attached hydrogen (secondary N) is 2. The highest BCUT2D eigenvalue weighted by Crippen LogP contribution is 2.37. The van der Waals surface area contributed by atoms with Crippen LogP contribution in [0.25, 0.3) is 0 Å². The van der Waals surface area contributed by atoms with Gasteiger partial charge in [0.25, 0.3) is 0 Å². The molecule has 1 atom stereocenters. The summed E-state index contributed by atoms with van der Waals surface area (Å²) in [4.78, 5) is 5.11. The summed E-state index contributed by atoms with van der Waals surface area (Å²) in [5.41, 5.74) is 2.60. The third-order valence-corrected chi connectivity index (χ3v) is 5.65. The Hall–Kier alpha value is -1.59. The molecule has 0 amide bonds. The van der Waals surface area contributed by atoms with Crippen molar-refractivity contribution < 1.29 is 5.11 Å². The minimum Gasteiger partial charge on any atom is -0.508 e. The number of hydrogen-bond acceptors (Lipinski definition) is 4. The van der Waals surface area contributed by atoms with E-state index >= 15 is 0 Å². The number of aromatic hydroxyl groups is 1. The fraction of sp³-hybridized carbons (Fsp3) is 0.350. The molecular formula is C20H21Cl2N3O. The van der Waals surface area contributed by atoms with Crippen molar-refractivity contribution in [2.75, 3.05) is 13.1 Å². The Labute approximate surface area is 163 Å². The van der Waals surface area contributed by atoms with Gasteiger partial charge in [-0.05, 0) is 61.8 Å². The molecule has 0 radical (unpaired) electrons. The van der Waals surface area contributed by atoms with E-state index in [1.165, 1.54) is 0 Å². The third kappa shape index (κ3) is 3.60. The predicted octanol–water partition coefficient (Wildman–Crippen LogP) is 4.30. The fourth-order valence-corrected chi connectivity index (χ4v) is 4.12. The Kier molecular flexibility index (Phi) is 4.93. The summed E-state index contributed by atoms with van der Waals surface area (Å²) in [5, 5.41) is 18.8. The molecule has 26 heavy (non-hydrogen) atoms. The summed E-state index contributed by atoms with van der Waals surface area (Å²) in [5.74, 6) is 0.258. The second-order valence-electron chi connectivity index (χ2n) is 6.95. The Bertz CT molecular complexity index is 829. The van der Waals surface area contributed by atoms with Crippen LogP contribution in [0.15, 0.2) is 47.5 Å². The lowest BCUT2D eigenvalue weighted by atomic mass is 9.88. The largest absolute Gasteiger partial charge is 0.508 e. The van der Waals surface area contributed by atoms with Crippen LogP contribution in [0.5, 0.6) is 5.75 Å². The Balaban J connectivity index is 1.75. The van der Waals surface area contributed by atoms with Gasteiger partial charge in [0.1, 0.15) is 11.4 Å². The zero-order chi connectivity index (χ0) is 18.1. The zero-order valence-electron chi connectivity index (χ0n) is 14.3. The summed E-state index contributed by atoms with van der Waals surface area (Å²) in [6.45, 7) is 1.83. The molecule has 2 heterocycles. The summed E-state index contributed by atoms with van der Waals surface area (Å²) >= 11 is 12.2. The number of hydrogen-bond donors (Lipinski definition) is 3. The van der Waals surface area contributed by atoms with Gasteiger partial charge >= 0.3 is 0 Å². The lowest BCUT2D eigenvalue weighted by Gasteiger charge is -2.42. The van der Waals surface area contributed by atoms with E-state index in [0.717, 1.165) is 42.8 Å². The molecule has 2 aromatic carbocycles. The quantitative estimate of drug-likeness (QED) is 0.717. The maximum atomic E-state index is 10.4. The van der Waals surface area contributed by atoms with Crippen LogP contribution in [-0.4, -0.2) is 29.6 Å². The van der Waals surface area contributed by atoms with Crippen molar-refractivity contribution in [3.63, 3.8) is 0 Å². The van der Waals surface area contributed by atoms with Gasteiger partial charge in [-0.1, -0.05) is 35.3 Å². The summed E-state index contributed by atoms with van der Waals surface area (Å²) in [7, 11) is 0. The van der Waals surface area contributed by atoms with Crippen LogP contribution in [0.4, 0.5) is 0 Å². The van der Waals surface area contributed by atoms with Gasteiger partial charge in [0, 0.05) is 33.8 Å². The second-order valence-corrected chi connectivity index (χ2v) is 7.82. The molecule has 3 N–H and O–H groups in total. The summed E-state index contributed by atoms with van der Waals surface area (Å²) in [6.07, 6.45) is 2.49. The van der Waals surface area contributed by atoms with Crippen molar-refractivity contribution in [1.82, 2.24) is 10.6 Å². The summed E-state index contributed by atoms with van der Waals surface area (Å²) < 4.78 is 0. The van der Waals surface area contributed by atoms with E-state index in [1.54, 1.807) is 12.1 Å². The molecule has 0 aromatic heterocycles. The number of benzene rings is 2. The molecule has 2 aromatic rings. The van der Waals surface area contributed by atoms with E-state index in [0.29, 0.717) is 16.5 Å². The smallest absolute Gasteiger partial charge is 0.120 e.